The Morgan fingerprint density at radius 2 is 2.15 bits per heavy atom. The molecule has 0 N–H and O–H groups in total. The van der Waals surface area contributed by atoms with Crippen molar-refractivity contribution in [2.45, 2.75) is 26.3 Å². The number of benzene rings is 1. The van der Waals surface area contributed by atoms with Crippen LogP contribution in [0.1, 0.15) is 22.6 Å². The van der Waals surface area contributed by atoms with Gasteiger partial charge in [-0.1, -0.05) is 23.4 Å². The second-order valence-corrected chi connectivity index (χ2v) is 6.60. The number of methoxy groups -OCH3 is 1. The molecule has 8 nitrogen and oxygen atoms in total. The summed E-state index contributed by atoms with van der Waals surface area (Å²) in [5, 5.41) is 8.39. The maximum atomic E-state index is 12.9. The second kappa shape index (κ2) is 6.86. The van der Waals surface area contributed by atoms with E-state index in [4.69, 9.17) is 9.26 Å². The monoisotopic (exact) mass is 367 g/mol. The lowest BCUT2D eigenvalue weighted by atomic mass is 10.0. The average Bonchev–Trinajstić information content (AvgIpc) is 3.25. The first-order valence-corrected chi connectivity index (χ1v) is 8.82. The maximum Gasteiger partial charge on any atom is 0.278 e. The minimum absolute atomic E-state index is 0.0571. The van der Waals surface area contributed by atoms with Gasteiger partial charge in [0.15, 0.2) is 11.5 Å². The fourth-order valence-corrected chi connectivity index (χ4v) is 3.49. The Hall–Kier alpha value is -3.16. The summed E-state index contributed by atoms with van der Waals surface area (Å²) in [6.45, 7) is 2.90. The molecule has 0 saturated carbocycles. The van der Waals surface area contributed by atoms with Crippen molar-refractivity contribution in [1.29, 1.82) is 0 Å². The van der Waals surface area contributed by atoms with Gasteiger partial charge < -0.3 is 14.2 Å². The zero-order valence-electron chi connectivity index (χ0n) is 15.6. The molecule has 1 aromatic carbocycles. The van der Waals surface area contributed by atoms with Gasteiger partial charge in [-0.15, -0.1) is 0 Å². The standard InChI is InChI=1S/C19H21N5O3/c1-12-20-19(27-22-12)18-14-11-24(9-8-15(14)23(2)21-18)17(25)10-13-6-4-5-7-16(13)26-3/h4-7H,8-11H2,1-3H3. The molecule has 1 aliphatic rings. The molecule has 3 aromatic rings. The van der Waals surface area contributed by atoms with E-state index in [1.807, 2.05) is 40.9 Å². The third-order valence-electron chi connectivity index (χ3n) is 4.86. The van der Waals surface area contributed by atoms with Crippen LogP contribution in [0, 0.1) is 6.92 Å². The molecule has 0 unspecified atom stereocenters. The molecule has 2 aromatic heterocycles. The summed E-state index contributed by atoms with van der Waals surface area (Å²) in [6.07, 6.45) is 1.04. The Labute approximate surface area is 156 Å². The van der Waals surface area contributed by atoms with Crippen LogP contribution in [0.3, 0.4) is 0 Å². The minimum Gasteiger partial charge on any atom is -0.496 e. The number of hydrogen-bond acceptors (Lipinski definition) is 6. The van der Waals surface area contributed by atoms with E-state index in [9.17, 15) is 4.79 Å². The summed E-state index contributed by atoms with van der Waals surface area (Å²) < 4.78 is 12.5. The van der Waals surface area contributed by atoms with Crippen LogP contribution in [0.25, 0.3) is 11.6 Å². The molecule has 0 bridgehead atoms. The van der Waals surface area contributed by atoms with Crippen molar-refractivity contribution in [3.05, 3.63) is 46.9 Å². The van der Waals surface area contributed by atoms with Crippen LogP contribution in [-0.2, 0) is 31.2 Å². The lowest BCUT2D eigenvalue weighted by Crippen LogP contribution is -2.37. The van der Waals surface area contributed by atoms with Crippen LogP contribution in [0.4, 0.5) is 0 Å². The van der Waals surface area contributed by atoms with Crippen molar-refractivity contribution in [3.8, 4) is 17.3 Å². The summed E-state index contributed by atoms with van der Waals surface area (Å²) >= 11 is 0. The zero-order valence-corrected chi connectivity index (χ0v) is 15.6. The number of aromatic nitrogens is 4. The van der Waals surface area contributed by atoms with Crippen LogP contribution < -0.4 is 4.74 Å². The van der Waals surface area contributed by atoms with E-state index in [1.54, 1.807) is 14.0 Å². The Balaban J connectivity index is 1.58. The van der Waals surface area contributed by atoms with Crippen molar-refractivity contribution < 1.29 is 14.1 Å². The summed E-state index contributed by atoms with van der Waals surface area (Å²) in [5.41, 5.74) is 3.61. The summed E-state index contributed by atoms with van der Waals surface area (Å²) in [4.78, 5) is 19.0. The summed E-state index contributed by atoms with van der Waals surface area (Å²) in [5.74, 6) is 1.74. The lowest BCUT2D eigenvalue weighted by molar-refractivity contribution is -0.131. The molecule has 3 heterocycles. The zero-order chi connectivity index (χ0) is 19.0. The molecule has 0 radical (unpaired) electrons. The van der Waals surface area contributed by atoms with Gasteiger partial charge in [0.1, 0.15) is 5.75 Å². The van der Waals surface area contributed by atoms with Crippen LogP contribution in [0.15, 0.2) is 28.8 Å². The number of amides is 1. The molecule has 0 spiro atoms. The highest BCUT2D eigenvalue weighted by atomic mass is 16.5. The number of hydrogen-bond donors (Lipinski definition) is 0. The van der Waals surface area contributed by atoms with E-state index >= 15 is 0 Å². The van der Waals surface area contributed by atoms with E-state index in [1.165, 1.54) is 0 Å². The van der Waals surface area contributed by atoms with Gasteiger partial charge in [0.05, 0.1) is 13.5 Å². The predicted octanol–water partition coefficient (Wildman–Crippen LogP) is 1.91. The quantitative estimate of drug-likeness (QED) is 0.700. The Bertz CT molecular complexity index is 991. The van der Waals surface area contributed by atoms with Gasteiger partial charge in [0.25, 0.3) is 5.89 Å². The predicted molar refractivity (Wildman–Crippen MR) is 97.1 cm³/mol. The van der Waals surface area contributed by atoms with E-state index in [2.05, 4.69) is 15.2 Å². The molecule has 1 aliphatic heterocycles. The highest BCUT2D eigenvalue weighted by Gasteiger charge is 2.29. The molecule has 0 saturated heterocycles. The minimum atomic E-state index is 0.0571. The molecule has 4 rings (SSSR count). The first-order chi connectivity index (χ1) is 13.1. The highest BCUT2D eigenvalue weighted by Crippen LogP contribution is 2.29. The van der Waals surface area contributed by atoms with Crippen molar-refractivity contribution >= 4 is 5.91 Å². The van der Waals surface area contributed by atoms with E-state index in [0.717, 1.165) is 29.0 Å². The average molecular weight is 367 g/mol. The van der Waals surface area contributed by atoms with Crippen molar-refractivity contribution in [2.24, 2.45) is 7.05 Å². The number of carbonyl (C=O) groups excluding carboxylic acids is 1. The van der Waals surface area contributed by atoms with Gasteiger partial charge in [-0.2, -0.15) is 10.1 Å². The number of rotatable bonds is 4. The van der Waals surface area contributed by atoms with Gasteiger partial charge >= 0.3 is 0 Å². The van der Waals surface area contributed by atoms with Gasteiger partial charge in [0.2, 0.25) is 5.91 Å². The maximum absolute atomic E-state index is 12.9. The Kier molecular flexibility index (Phi) is 4.39. The molecule has 140 valence electrons. The molecule has 0 fully saturated rings. The van der Waals surface area contributed by atoms with Crippen molar-refractivity contribution in [2.75, 3.05) is 13.7 Å². The third-order valence-corrected chi connectivity index (χ3v) is 4.86. The van der Waals surface area contributed by atoms with E-state index < -0.39 is 0 Å². The van der Waals surface area contributed by atoms with E-state index in [0.29, 0.717) is 36.9 Å². The van der Waals surface area contributed by atoms with Gasteiger partial charge in [0, 0.05) is 43.4 Å². The van der Waals surface area contributed by atoms with E-state index in [-0.39, 0.29) is 5.91 Å². The largest absolute Gasteiger partial charge is 0.496 e. The Morgan fingerprint density at radius 1 is 1.33 bits per heavy atom. The molecule has 8 heteroatoms. The van der Waals surface area contributed by atoms with Crippen molar-refractivity contribution in [1.82, 2.24) is 24.8 Å². The number of para-hydroxylation sites is 1. The Morgan fingerprint density at radius 3 is 2.89 bits per heavy atom. The van der Waals surface area contributed by atoms with Crippen LogP contribution in [0.2, 0.25) is 0 Å². The molecule has 0 atom stereocenters. The van der Waals surface area contributed by atoms with Crippen molar-refractivity contribution in [3.63, 3.8) is 0 Å². The van der Waals surface area contributed by atoms with Gasteiger partial charge in [-0.3, -0.25) is 9.48 Å². The van der Waals surface area contributed by atoms with Crippen LogP contribution in [0.5, 0.6) is 5.75 Å². The first-order valence-electron chi connectivity index (χ1n) is 8.82. The topological polar surface area (TPSA) is 86.3 Å². The number of aryl methyl sites for hydroxylation is 2. The molecular weight excluding hydrogens is 346 g/mol. The molecule has 1 amide bonds. The second-order valence-electron chi connectivity index (χ2n) is 6.60. The summed E-state index contributed by atoms with van der Waals surface area (Å²) in [6, 6.07) is 7.60. The molecule has 0 aliphatic carbocycles. The van der Waals surface area contributed by atoms with Gasteiger partial charge in [-0.05, 0) is 13.0 Å². The van der Waals surface area contributed by atoms with Crippen LogP contribution in [-0.4, -0.2) is 44.4 Å². The van der Waals surface area contributed by atoms with Gasteiger partial charge in [-0.25, -0.2) is 0 Å². The SMILES string of the molecule is COc1ccccc1CC(=O)N1CCc2c(c(-c3nc(C)no3)nn2C)C1. The third kappa shape index (κ3) is 3.18. The van der Waals surface area contributed by atoms with Crippen LogP contribution >= 0.6 is 0 Å². The number of ether oxygens (including phenoxy) is 1. The lowest BCUT2D eigenvalue weighted by Gasteiger charge is -2.27. The fraction of sp³-hybridized carbons (Fsp3) is 0.368. The normalized spacial score (nSPS) is 13.5. The molecular formula is C19H21N5O3. The fourth-order valence-electron chi connectivity index (χ4n) is 3.49. The number of fused-ring (bicyclic) bond motifs is 1. The smallest absolute Gasteiger partial charge is 0.278 e. The molecule has 27 heavy (non-hydrogen) atoms. The summed E-state index contributed by atoms with van der Waals surface area (Å²) in [7, 11) is 3.52. The highest BCUT2D eigenvalue weighted by molar-refractivity contribution is 5.80. The number of carbonyl (C=O) groups is 1. The first kappa shape index (κ1) is 17.3. The number of nitrogens with zero attached hydrogens (tertiary/aromatic N) is 5.